The Morgan fingerprint density at radius 3 is 2.57 bits per heavy atom. The van der Waals surface area contributed by atoms with Gasteiger partial charge >= 0.3 is 0 Å². The number of likely N-dealkylation sites (N-methyl/N-ethyl adjacent to an activating group) is 1. The van der Waals surface area contributed by atoms with Crippen LogP contribution in [-0.4, -0.2) is 31.4 Å². The molecule has 1 heterocycles. The first-order valence-electron chi connectivity index (χ1n) is 6.76. The molecule has 2 aromatic rings. The van der Waals surface area contributed by atoms with E-state index in [1.807, 2.05) is 19.5 Å². The zero-order valence-corrected chi connectivity index (χ0v) is 13.0. The molecule has 2 rings (SSSR count). The summed E-state index contributed by atoms with van der Waals surface area (Å²) < 4.78 is 12.8. The highest BCUT2D eigenvalue weighted by Crippen LogP contribution is 2.19. The first kappa shape index (κ1) is 15.7. The molecule has 0 aliphatic heterocycles. The molecule has 1 aromatic heterocycles. The van der Waals surface area contributed by atoms with Gasteiger partial charge in [-0.05, 0) is 54.2 Å². The van der Waals surface area contributed by atoms with Crippen LogP contribution in [0.15, 0.2) is 41.1 Å². The van der Waals surface area contributed by atoms with Gasteiger partial charge in [-0.1, -0.05) is 12.1 Å². The van der Waals surface area contributed by atoms with Crippen molar-refractivity contribution in [1.29, 1.82) is 0 Å². The second-order valence-corrected chi connectivity index (χ2v) is 5.92. The molecule has 0 bridgehead atoms. The van der Waals surface area contributed by atoms with E-state index in [2.05, 4.69) is 21.7 Å². The minimum atomic E-state index is -0.288. The van der Waals surface area contributed by atoms with Crippen LogP contribution in [0.1, 0.15) is 17.2 Å². The lowest BCUT2D eigenvalue weighted by Crippen LogP contribution is -2.35. The number of carbonyl (C=O) groups excluding carboxylic acids is 1. The number of nitrogens with one attached hydrogen (secondary N) is 1. The maximum absolute atomic E-state index is 12.8. The lowest BCUT2D eigenvalue weighted by molar-refractivity contribution is -0.120. The third-order valence-corrected chi connectivity index (χ3v) is 4.02. The minimum absolute atomic E-state index is 0.0521. The number of thiophene rings is 1. The van der Waals surface area contributed by atoms with E-state index >= 15 is 0 Å². The van der Waals surface area contributed by atoms with E-state index in [-0.39, 0.29) is 24.2 Å². The van der Waals surface area contributed by atoms with Crippen LogP contribution in [0.2, 0.25) is 0 Å². The summed E-state index contributed by atoms with van der Waals surface area (Å²) in [4.78, 5) is 14.1. The molecule has 0 unspecified atom stereocenters. The average Bonchev–Trinajstić information content (AvgIpc) is 2.95. The van der Waals surface area contributed by atoms with Crippen molar-refractivity contribution in [1.82, 2.24) is 10.2 Å². The van der Waals surface area contributed by atoms with Crippen molar-refractivity contribution >= 4 is 17.2 Å². The van der Waals surface area contributed by atoms with Crippen molar-refractivity contribution in [3.63, 3.8) is 0 Å². The Morgan fingerprint density at radius 2 is 2.00 bits per heavy atom. The molecule has 0 spiro atoms. The third kappa shape index (κ3) is 4.65. The summed E-state index contributed by atoms with van der Waals surface area (Å²) in [5.41, 5.74) is 2.01. The Bertz CT molecular complexity index is 566. The van der Waals surface area contributed by atoms with Crippen LogP contribution in [0.3, 0.4) is 0 Å². The van der Waals surface area contributed by atoms with E-state index in [1.165, 1.54) is 17.7 Å². The fraction of sp³-hybridized carbons (Fsp3) is 0.312. The van der Waals surface area contributed by atoms with Gasteiger partial charge in [0.1, 0.15) is 5.82 Å². The number of hydrogen-bond donors (Lipinski definition) is 1. The van der Waals surface area contributed by atoms with Gasteiger partial charge in [-0.25, -0.2) is 4.39 Å². The van der Waals surface area contributed by atoms with Crippen molar-refractivity contribution < 1.29 is 9.18 Å². The Balaban J connectivity index is 1.89. The predicted molar refractivity (Wildman–Crippen MR) is 83.9 cm³/mol. The predicted octanol–water partition coefficient (Wildman–Crippen LogP) is 2.85. The summed E-state index contributed by atoms with van der Waals surface area (Å²) in [6.07, 6.45) is 0.268. The van der Waals surface area contributed by atoms with Crippen LogP contribution < -0.4 is 5.32 Å². The Labute approximate surface area is 128 Å². The van der Waals surface area contributed by atoms with Crippen molar-refractivity contribution in [3.05, 3.63) is 58.0 Å². The summed E-state index contributed by atoms with van der Waals surface area (Å²) in [5, 5.41) is 7.07. The highest BCUT2D eigenvalue weighted by atomic mass is 32.1. The lowest BCUT2D eigenvalue weighted by atomic mass is 10.1. The number of benzene rings is 1. The summed E-state index contributed by atoms with van der Waals surface area (Å²) in [7, 11) is 3.99. The highest BCUT2D eigenvalue weighted by Gasteiger charge is 2.15. The van der Waals surface area contributed by atoms with Gasteiger partial charge in [-0.15, -0.1) is 0 Å². The largest absolute Gasteiger partial charge is 0.354 e. The lowest BCUT2D eigenvalue weighted by Gasteiger charge is -2.24. The topological polar surface area (TPSA) is 32.3 Å². The van der Waals surface area contributed by atoms with Crippen LogP contribution in [-0.2, 0) is 11.2 Å². The zero-order chi connectivity index (χ0) is 15.2. The Kier molecular flexibility index (Phi) is 5.47. The molecule has 5 heteroatoms. The molecule has 1 atom stereocenters. The van der Waals surface area contributed by atoms with E-state index in [1.54, 1.807) is 23.5 Å². The van der Waals surface area contributed by atoms with Crippen molar-refractivity contribution in [2.45, 2.75) is 12.5 Å². The Hall–Kier alpha value is -1.72. The zero-order valence-electron chi connectivity index (χ0n) is 12.2. The molecule has 112 valence electrons. The standard InChI is InChI=1S/C16H19FN2OS/c1-19(2)15(13-7-8-21-11-13)10-18-16(20)9-12-3-5-14(17)6-4-12/h3-8,11,15H,9-10H2,1-2H3,(H,18,20)/t15-/m0/s1. The second kappa shape index (κ2) is 7.33. The van der Waals surface area contributed by atoms with Crippen molar-refractivity contribution in [2.75, 3.05) is 20.6 Å². The summed E-state index contributed by atoms with van der Waals surface area (Å²) in [6.45, 7) is 0.559. The monoisotopic (exact) mass is 306 g/mol. The number of rotatable bonds is 6. The fourth-order valence-electron chi connectivity index (χ4n) is 2.12. The molecule has 0 saturated carbocycles. The maximum Gasteiger partial charge on any atom is 0.224 e. The molecule has 3 nitrogen and oxygen atoms in total. The van der Waals surface area contributed by atoms with Crippen molar-refractivity contribution in [2.24, 2.45) is 0 Å². The molecule has 1 N–H and O–H groups in total. The SMILES string of the molecule is CN(C)[C@@H](CNC(=O)Cc1ccc(F)cc1)c1ccsc1. The Morgan fingerprint density at radius 1 is 1.29 bits per heavy atom. The molecule has 1 aromatic carbocycles. The van der Waals surface area contributed by atoms with Gasteiger partial charge in [-0.3, -0.25) is 4.79 Å². The number of carbonyl (C=O) groups is 1. The molecular formula is C16H19FN2OS. The smallest absolute Gasteiger partial charge is 0.224 e. The van der Waals surface area contributed by atoms with Gasteiger partial charge < -0.3 is 10.2 Å². The summed E-state index contributed by atoms with van der Waals surface area (Å²) in [6, 6.07) is 8.25. The van der Waals surface area contributed by atoms with Gasteiger partial charge in [-0.2, -0.15) is 11.3 Å². The summed E-state index contributed by atoms with van der Waals surface area (Å²) in [5.74, 6) is -0.340. The first-order valence-corrected chi connectivity index (χ1v) is 7.70. The number of hydrogen-bond acceptors (Lipinski definition) is 3. The van der Waals surface area contributed by atoms with Crippen molar-refractivity contribution in [3.8, 4) is 0 Å². The van der Waals surface area contributed by atoms with E-state index in [0.29, 0.717) is 6.54 Å². The number of nitrogens with zero attached hydrogens (tertiary/aromatic N) is 1. The van der Waals surface area contributed by atoms with E-state index in [4.69, 9.17) is 0 Å². The average molecular weight is 306 g/mol. The minimum Gasteiger partial charge on any atom is -0.354 e. The molecule has 0 aliphatic carbocycles. The van der Waals surface area contributed by atoms with Gasteiger partial charge in [0.2, 0.25) is 5.91 Å². The molecule has 0 fully saturated rings. The quantitative estimate of drug-likeness (QED) is 0.890. The molecule has 0 aliphatic rings. The highest BCUT2D eigenvalue weighted by molar-refractivity contribution is 7.07. The second-order valence-electron chi connectivity index (χ2n) is 5.14. The van der Waals surface area contributed by atoms with Crippen LogP contribution in [0, 0.1) is 5.82 Å². The summed E-state index contributed by atoms with van der Waals surface area (Å²) >= 11 is 1.65. The maximum atomic E-state index is 12.8. The normalized spacial score (nSPS) is 12.4. The van der Waals surface area contributed by atoms with E-state index < -0.39 is 0 Å². The third-order valence-electron chi connectivity index (χ3n) is 3.32. The fourth-order valence-corrected chi connectivity index (χ4v) is 2.83. The molecule has 1 amide bonds. The molecule has 21 heavy (non-hydrogen) atoms. The van der Waals surface area contributed by atoms with Gasteiger partial charge in [0, 0.05) is 6.54 Å². The first-order chi connectivity index (χ1) is 10.1. The van der Waals surface area contributed by atoms with Gasteiger partial charge in [0.15, 0.2) is 0 Å². The molecular weight excluding hydrogens is 287 g/mol. The van der Waals surface area contributed by atoms with Crippen LogP contribution in [0.5, 0.6) is 0 Å². The van der Waals surface area contributed by atoms with Crippen LogP contribution >= 0.6 is 11.3 Å². The number of amides is 1. The number of halogens is 1. The van der Waals surface area contributed by atoms with E-state index in [9.17, 15) is 9.18 Å². The van der Waals surface area contributed by atoms with Gasteiger partial charge in [0.25, 0.3) is 0 Å². The van der Waals surface area contributed by atoms with Crippen LogP contribution in [0.4, 0.5) is 4.39 Å². The molecule has 0 saturated heterocycles. The molecule has 0 radical (unpaired) electrons. The van der Waals surface area contributed by atoms with E-state index in [0.717, 1.165) is 5.56 Å². The van der Waals surface area contributed by atoms with Gasteiger partial charge in [0.05, 0.1) is 12.5 Å². The van der Waals surface area contributed by atoms with Crippen LogP contribution in [0.25, 0.3) is 0 Å².